The number of aliphatic carboxylic acids is 1. The van der Waals surface area contributed by atoms with E-state index in [0.29, 0.717) is 28.6 Å². The van der Waals surface area contributed by atoms with Gasteiger partial charge in [0.15, 0.2) is 5.01 Å². The maximum absolute atomic E-state index is 13.1. The number of halogens is 1. The maximum atomic E-state index is 13.1. The number of carboxylic acids is 1. The summed E-state index contributed by atoms with van der Waals surface area (Å²) in [7, 11) is 2.03. The molecule has 0 radical (unpaired) electrons. The maximum Gasteiger partial charge on any atom is 0.306 e. The first-order chi connectivity index (χ1) is 16.8. The molecule has 11 heteroatoms. The van der Waals surface area contributed by atoms with Crippen LogP contribution in [0.5, 0.6) is 0 Å². The Morgan fingerprint density at radius 3 is 2.77 bits per heavy atom. The molecule has 35 heavy (non-hydrogen) atoms. The van der Waals surface area contributed by atoms with Crippen LogP contribution in [0.3, 0.4) is 0 Å². The van der Waals surface area contributed by atoms with E-state index in [4.69, 9.17) is 11.6 Å². The summed E-state index contributed by atoms with van der Waals surface area (Å²) in [5.74, 6) is -2.12. The van der Waals surface area contributed by atoms with Gasteiger partial charge in [0.05, 0.1) is 17.7 Å². The second-order valence-corrected chi connectivity index (χ2v) is 10.8. The Kier molecular flexibility index (Phi) is 6.52. The van der Waals surface area contributed by atoms with Gasteiger partial charge in [-0.1, -0.05) is 11.6 Å². The van der Waals surface area contributed by atoms with E-state index in [-0.39, 0.29) is 18.2 Å². The van der Waals surface area contributed by atoms with E-state index in [1.807, 2.05) is 7.05 Å². The van der Waals surface area contributed by atoms with Gasteiger partial charge in [-0.25, -0.2) is 4.98 Å². The lowest BCUT2D eigenvalue weighted by Gasteiger charge is -2.35. The highest BCUT2D eigenvalue weighted by Gasteiger charge is 2.36. The molecule has 0 bridgehead atoms. The van der Waals surface area contributed by atoms with E-state index < -0.39 is 24.0 Å². The van der Waals surface area contributed by atoms with Crippen molar-refractivity contribution < 1.29 is 19.5 Å². The summed E-state index contributed by atoms with van der Waals surface area (Å²) in [4.78, 5) is 48.7. The van der Waals surface area contributed by atoms with Crippen molar-refractivity contribution in [2.75, 3.05) is 13.6 Å². The summed E-state index contributed by atoms with van der Waals surface area (Å²) in [6, 6.07) is 6.12. The third kappa shape index (κ3) is 5.05. The number of hydrogen-bond donors (Lipinski definition) is 4. The van der Waals surface area contributed by atoms with Crippen molar-refractivity contribution in [2.45, 2.75) is 44.3 Å². The molecule has 5 rings (SSSR count). The number of likely N-dealkylation sites (N-methyl/N-ethyl adjacent to an activating group) is 1. The van der Waals surface area contributed by atoms with Crippen LogP contribution in [0, 0.1) is 5.92 Å². The molecule has 3 atom stereocenters. The standard InChI is InChI=1S/C24H26ClN5O4S/c1-30-7-6-17-20(11-30)35-23(29-17)22(32)28-18-9-12(24(33)34)2-4-16(18)27-21(31)19-10-13-8-14(25)3-5-15(13)26-19/h3,5,8,10,12,16,18,26H,2,4,6-7,9,11H2,1H3,(H,27,31)(H,28,32)(H,33,34)/t12-,16+,18-/m1/s1. The van der Waals surface area contributed by atoms with Gasteiger partial charge in [0.25, 0.3) is 11.8 Å². The van der Waals surface area contributed by atoms with Crippen LogP contribution in [0.25, 0.3) is 10.9 Å². The van der Waals surface area contributed by atoms with Crippen LogP contribution in [0.1, 0.15) is 50.1 Å². The van der Waals surface area contributed by atoms with Crippen molar-refractivity contribution >= 4 is 51.6 Å². The number of hydrogen-bond acceptors (Lipinski definition) is 6. The van der Waals surface area contributed by atoms with Crippen molar-refractivity contribution in [3.63, 3.8) is 0 Å². The normalized spacial score (nSPS) is 22.5. The lowest BCUT2D eigenvalue weighted by atomic mass is 9.82. The van der Waals surface area contributed by atoms with Gasteiger partial charge in [0, 0.05) is 46.4 Å². The monoisotopic (exact) mass is 515 g/mol. The number of rotatable bonds is 5. The zero-order chi connectivity index (χ0) is 24.7. The molecule has 2 aromatic heterocycles. The number of nitrogens with one attached hydrogen (secondary N) is 3. The number of carbonyl (C=O) groups is 3. The Morgan fingerprint density at radius 2 is 1.97 bits per heavy atom. The van der Waals surface area contributed by atoms with E-state index >= 15 is 0 Å². The molecular formula is C24H26ClN5O4S. The van der Waals surface area contributed by atoms with Crippen molar-refractivity contribution in [3.05, 3.63) is 50.6 Å². The number of fused-ring (bicyclic) bond motifs is 2. The van der Waals surface area contributed by atoms with Gasteiger partial charge in [0.2, 0.25) is 0 Å². The molecule has 1 fully saturated rings. The van der Waals surface area contributed by atoms with Crippen molar-refractivity contribution in [3.8, 4) is 0 Å². The summed E-state index contributed by atoms with van der Waals surface area (Å²) in [5, 5.41) is 17.3. The van der Waals surface area contributed by atoms with Crippen LogP contribution in [0.2, 0.25) is 5.02 Å². The van der Waals surface area contributed by atoms with Crippen LogP contribution in [-0.2, 0) is 17.8 Å². The van der Waals surface area contributed by atoms with E-state index in [9.17, 15) is 19.5 Å². The highest BCUT2D eigenvalue weighted by atomic mass is 35.5. The van der Waals surface area contributed by atoms with Gasteiger partial charge in [-0.05, 0) is 50.6 Å². The predicted octanol–water partition coefficient (Wildman–Crippen LogP) is 3.05. The first-order valence-corrected chi connectivity index (χ1v) is 12.8. The molecule has 184 valence electrons. The highest BCUT2D eigenvalue weighted by molar-refractivity contribution is 7.13. The highest BCUT2D eigenvalue weighted by Crippen LogP contribution is 2.28. The van der Waals surface area contributed by atoms with Crippen molar-refractivity contribution in [1.29, 1.82) is 0 Å². The van der Waals surface area contributed by atoms with Crippen LogP contribution in [-0.4, -0.2) is 63.4 Å². The minimum Gasteiger partial charge on any atom is -0.481 e. The lowest BCUT2D eigenvalue weighted by molar-refractivity contribution is -0.143. The first kappa shape index (κ1) is 23.8. The summed E-state index contributed by atoms with van der Waals surface area (Å²) in [6.07, 6.45) is 1.91. The molecule has 9 nitrogen and oxygen atoms in total. The van der Waals surface area contributed by atoms with Gasteiger partial charge >= 0.3 is 5.97 Å². The number of nitrogens with zero attached hydrogens (tertiary/aromatic N) is 2. The van der Waals surface area contributed by atoms with Crippen LogP contribution >= 0.6 is 22.9 Å². The number of carboxylic acid groups (broad SMARTS) is 1. The number of amides is 2. The quantitative estimate of drug-likeness (QED) is 0.413. The van der Waals surface area contributed by atoms with E-state index in [1.165, 1.54) is 11.3 Å². The molecule has 1 aliphatic heterocycles. The average molecular weight is 516 g/mol. The minimum absolute atomic E-state index is 0.238. The van der Waals surface area contributed by atoms with Crippen LogP contribution < -0.4 is 10.6 Å². The van der Waals surface area contributed by atoms with Crippen molar-refractivity contribution in [2.24, 2.45) is 5.92 Å². The van der Waals surface area contributed by atoms with Gasteiger partial charge in [-0.3, -0.25) is 14.4 Å². The minimum atomic E-state index is -0.894. The predicted molar refractivity (Wildman–Crippen MR) is 133 cm³/mol. The van der Waals surface area contributed by atoms with Gasteiger partial charge < -0.3 is 25.6 Å². The molecule has 4 N–H and O–H groups in total. The summed E-state index contributed by atoms with van der Waals surface area (Å²) in [6.45, 7) is 1.66. The van der Waals surface area contributed by atoms with Crippen molar-refractivity contribution in [1.82, 2.24) is 25.5 Å². The van der Waals surface area contributed by atoms with Gasteiger partial charge in [-0.15, -0.1) is 11.3 Å². The van der Waals surface area contributed by atoms with Crippen LogP contribution in [0.4, 0.5) is 0 Å². The Balaban J connectivity index is 1.32. The average Bonchev–Trinajstić information content (AvgIpc) is 3.43. The molecular weight excluding hydrogens is 490 g/mol. The third-order valence-corrected chi connectivity index (χ3v) is 8.09. The molecule has 2 aliphatic rings. The van der Waals surface area contributed by atoms with E-state index in [0.717, 1.165) is 41.0 Å². The molecule has 0 saturated heterocycles. The van der Waals surface area contributed by atoms with E-state index in [2.05, 4.69) is 25.5 Å². The largest absolute Gasteiger partial charge is 0.481 e. The summed E-state index contributed by atoms with van der Waals surface area (Å²) < 4.78 is 0. The Bertz CT molecular complexity index is 1300. The second-order valence-electron chi connectivity index (χ2n) is 9.30. The Labute approximate surface area is 210 Å². The smallest absolute Gasteiger partial charge is 0.306 e. The SMILES string of the molecule is CN1CCc2nc(C(=O)N[C@@H]3C[C@H](C(=O)O)CC[C@@H]3NC(=O)c3cc4cc(Cl)ccc4[nH]3)sc2C1. The topological polar surface area (TPSA) is 127 Å². The Hall–Kier alpha value is -2.95. The second kappa shape index (κ2) is 9.60. The Morgan fingerprint density at radius 1 is 1.17 bits per heavy atom. The number of thiazole rings is 1. The fraction of sp³-hybridized carbons (Fsp3) is 0.417. The van der Waals surface area contributed by atoms with Crippen LogP contribution in [0.15, 0.2) is 24.3 Å². The molecule has 3 heterocycles. The van der Waals surface area contributed by atoms with Gasteiger partial charge in [-0.2, -0.15) is 0 Å². The molecule has 0 unspecified atom stereocenters. The summed E-state index contributed by atoms with van der Waals surface area (Å²) >= 11 is 7.43. The number of aromatic nitrogens is 2. The summed E-state index contributed by atoms with van der Waals surface area (Å²) in [5.41, 5.74) is 2.12. The lowest BCUT2D eigenvalue weighted by Crippen LogP contribution is -2.55. The molecule has 0 spiro atoms. The molecule has 1 aliphatic carbocycles. The molecule has 3 aromatic rings. The third-order valence-electron chi connectivity index (χ3n) is 6.78. The number of carbonyl (C=O) groups excluding carboxylic acids is 2. The number of benzene rings is 1. The molecule has 1 aromatic carbocycles. The first-order valence-electron chi connectivity index (χ1n) is 11.6. The molecule has 1 saturated carbocycles. The molecule has 2 amide bonds. The number of H-pyrrole nitrogens is 1. The van der Waals surface area contributed by atoms with Gasteiger partial charge in [0.1, 0.15) is 5.69 Å². The zero-order valence-electron chi connectivity index (χ0n) is 19.1. The number of aromatic amines is 1. The van der Waals surface area contributed by atoms with E-state index in [1.54, 1.807) is 24.3 Å². The zero-order valence-corrected chi connectivity index (χ0v) is 20.7. The fourth-order valence-corrected chi connectivity index (χ4v) is 6.12. The fourth-order valence-electron chi connectivity index (χ4n) is 4.85.